The molecule has 0 bridgehead atoms. The summed E-state index contributed by atoms with van der Waals surface area (Å²) in [4.78, 5) is 10.3. The van der Waals surface area contributed by atoms with Gasteiger partial charge in [-0.1, -0.05) is 18.1 Å². The van der Waals surface area contributed by atoms with Crippen LogP contribution < -0.4 is 11.5 Å². The molecule has 0 fully saturated rings. The van der Waals surface area contributed by atoms with Crippen LogP contribution in [0.2, 0.25) is 0 Å². The van der Waals surface area contributed by atoms with Gasteiger partial charge in [0.1, 0.15) is 6.04 Å². The first kappa shape index (κ1) is 11.7. The molecule has 5 N–H and O–H groups in total. The van der Waals surface area contributed by atoms with Gasteiger partial charge >= 0.3 is 5.97 Å². The van der Waals surface area contributed by atoms with Crippen LogP contribution in [0.15, 0.2) is 12.2 Å². The average Bonchev–Trinajstić information content (AvgIpc) is 2.04. The number of nitrogens with two attached hydrogens (primary N) is 2. The summed E-state index contributed by atoms with van der Waals surface area (Å²) in [6.45, 7) is 1.70. The molecule has 0 aliphatic carbocycles. The molecule has 72 valence electrons. The van der Waals surface area contributed by atoms with Gasteiger partial charge in [0, 0.05) is 0 Å². The van der Waals surface area contributed by atoms with Gasteiger partial charge < -0.3 is 16.6 Å². The van der Waals surface area contributed by atoms with E-state index in [0.717, 1.165) is 0 Å². The molecule has 4 nitrogen and oxygen atoms in total. The van der Waals surface area contributed by atoms with Crippen LogP contribution in [0.5, 0.6) is 0 Å². The minimum Gasteiger partial charge on any atom is -0.480 e. The fraction of sp³-hybridized carbons (Fsp3) is 0.444. The molecule has 13 heavy (non-hydrogen) atoms. The molecule has 0 aromatic heterocycles. The van der Waals surface area contributed by atoms with E-state index >= 15 is 0 Å². The van der Waals surface area contributed by atoms with Crippen molar-refractivity contribution >= 4 is 5.97 Å². The SMILES string of the molecule is CC#CC(N)CC=CC(N)C(=O)O. The van der Waals surface area contributed by atoms with Gasteiger partial charge in [0.2, 0.25) is 0 Å². The van der Waals surface area contributed by atoms with Crippen molar-refractivity contribution in [3.05, 3.63) is 12.2 Å². The van der Waals surface area contributed by atoms with Crippen molar-refractivity contribution in [3.63, 3.8) is 0 Å². The zero-order valence-corrected chi connectivity index (χ0v) is 7.53. The Labute approximate surface area is 77.6 Å². The van der Waals surface area contributed by atoms with Crippen LogP contribution >= 0.6 is 0 Å². The number of hydrogen-bond donors (Lipinski definition) is 3. The van der Waals surface area contributed by atoms with Crippen LogP contribution in [0.4, 0.5) is 0 Å². The Morgan fingerprint density at radius 1 is 1.62 bits per heavy atom. The minimum atomic E-state index is -1.05. The lowest BCUT2D eigenvalue weighted by atomic mass is 10.2. The first-order valence-corrected chi connectivity index (χ1v) is 3.90. The van der Waals surface area contributed by atoms with Crippen LogP contribution in [0.3, 0.4) is 0 Å². The molecule has 0 aromatic rings. The Bertz CT molecular complexity index is 250. The highest BCUT2D eigenvalue weighted by molar-refractivity contribution is 5.75. The molecule has 2 unspecified atom stereocenters. The van der Waals surface area contributed by atoms with Gasteiger partial charge in [-0.05, 0) is 13.3 Å². The second-order valence-electron chi connectivity index (χ2n) is 2.53. The fourth-order valence-corrected chi connectivity index (χ4v) is 0.698. The third-order valence-electron chi connectivity index (χ3n) is 1.35. The molecule has 2 atom stereocenters. The lowest BCUT2D eigenvalue weighted by Gasteiger charge is -2.00. The molecule has 0 amide bonds. The molecule has 0 aliphatic heterocycles. The second kappa shape index (κ2) is 6.23. The summed E-state index contributed by atoms with van der Waals surface area (Å²) >= 11 is 0. The van der Waals surface area contributed by atoms with Crippen molar-refractivity contribution in [1.29, 1.82) is 0 Å². The molecule has 0 aliphatic rings. The van der Waals surface area contributed by atoms with Crippen LogP contribution in [0.1, 0.15) is 13.3 Å². The first-order chi connectivity index (χ1) is 6.07. The summed E-state index contributed by atoms with van der Waals surface area (Å²) in [5.41, 5.74) is 10.7. The maximum absolute atomic E-state index is 10.3. The molecule has 0 saturated carbocycles. The van der Waals surface area contributed by atoms with Gasteiger partial charge in [0.25, 0.3) is 0 Å². The zero-order valence-electron chi connectivity index (χ0n) is 7.53. The fourth-order valence-electron chi connectivity index (χ4n) is 0.698. The normalized spacial score (nSPS) is 14.7. The summed E-state index contributed by atoms with van der Waals surface area (Å²) in [7, 11) is 0. The van der Waals surface area contributed by atoms with E-state index in [2.05, 4.69) is 11.8 Å². The molecule has 0 radical (unpaired) electrons. The van der Waals surface area contributed by atoms with Gasteiger partial charge in [-0.15, -0.1) is 5.92 Å². The summed E-state index contributed by atoms with van der Waals surface area (Å²) in [5, 5.41) is 8.42. The van der Waals surface area contributed by atoms with Crippen molar-refractivity contribution in [2.75, 3.05) is 0 Å². The minimum absolute atomic E-state index is 0.248. The highest BCUT2D eigenvalue weighted by Crippen LogP contribution is 1.90. The van der Waals surface area contributed by atoms with Crippen molar-refractivity contribution in [2.45, 2.75) is 25.4 Å². The van der Waals surface area contributed by atoms with E-state index in [1.54, 1.807) is 13.0 Å². The maximum Gasteiger partial charge on any atom is 0.324 e. The number of carboxylic acids is 1. The Balaban J connectivity index is 3.85. The van der Waals surface area contributed by atoms with Crippen molar-refractivity contribution in [1.82, 2.24) is 0 Å². The van der Waals surface area contributed by atoms with E-state index in [4.69, 9.17) is 16.6 Å². The predicted octanol–water partition coefficient (Wildman–Crippen LogP) is -0.305. The Morgan fingerprint density at radius 3 is 2.69 bits per heavy atom. The van der Waals surface area contributed by atoms with Crippen molar-refractivity contribution in [2.24, 2.45) is 11.5 Å². The Kier molecular flexibility index (Phi) is 5.60. The molecule has 0 saturated heterocycles. The van der Waals surface area contributed by atoms with Gasteiger partial charge in [0.15, 0.2) is 0 Å². The van der Waals surface area contributed by atoms with Crippen LogP contribution in [0.25, 0.3) is 0 Å². The molecule has 0 heterocycles. The van der Waals surface area contributed by atoms with Crippen LogP contribution in [0, 0.1) is 11.8 Å². The van der Waals surface area contributed by atoms with Gasteiger partial charge in [-0.2, -0.15) is 0 Å². The summed E-state index contributed by atoms with van der Waals surface area (Å²) in [6, 6.07) is -1.20. The second-order valence-corrected chi connectivity index (χ2v) is 2.53. The Morgan fingerprint density at radius 2 is 2.23 bits per heavy atom. The van der Waals surface area contributed by atoms with Crippen molar-refractivity contribution < 1.29 is 9.90 Å². The highest BCUT2D eigenvalue weighted by atomic mass is 16.4. The lowest BCUT2D eigenvalue weighted by molar-refractivity contribution is -0.137. The topological polar surface area (TPSA) is 89.3 Å². The van der Waals surface area contributed by atoms with Gasteiger partial charge in [-0.3, -0.25) is 4.79 Å². The zero-order chi connectivity index (χ0) is 10.3. The van der Waals surface area contributed by atoms with E-state index in [1.165, 1.54) is 6.08 Å². The summed E-state index contributed by atoms with van der Waals surface area (Å²) in [5.74, 6) is 4.36. The number of aliphatic carboxylic acids is 1. The van der Waals surface area contributed by atoms with Crippen LogP contribution in [-0.4, -0.2) is 23.2 Å². The smallest absolute Gasteiger partial charge is 0.324 e. The standard InChI is InChI=1S/C9H14N2O2/c1-2-4-7(10)5-3-6-8(11)9(12)13/h3,6-8H,5,10-11H2,1H3,(H,12,13). The quantitative estimate of drug-likeness (QED) is 0.411. The third-order valence-corrected chi connectivity index (χ3v) is 1.35. The number of hydrogen-bond acceptors (Lipinski definition) is 3. The number of rotatable bonds is 4. The van der Waals surface area contributed by atoms with E-state index < -0.39 is 12.0 Å². The molecular weight excluding hydrogens is 168 g/mol. The first-order valence-electron chi connectivity index (χ1n) is 3.90. The maximum atomic E-state index is 10.3. The average molecular weight is 182 g/mol. The van der Waals surface area contributed by atoms with E-state index in [-0.39, 0.29) is 6.04 Å². The summed E-state index contributed by atoms with van der Waals surface area (Å²) in [6.07, 6.45) is 3.55. The monoisotopic (exact) mass is 182 g/mol. The molecule has 0 spiro atoms. The molecule has 0 aromatic carbocycles. The van der Waals surface area contributed by atoms with Crippen molar-refractivity contribution in [3.8, 4) is 11.8 Å². The predicted molar refractivity (Wildman–Crippen MR) is 50.8 cm³/mol. The molecule has 4 heteroatoms. The van der Waals surface area contributed by atoms with E-state index in [1.807, 2.05) is 0 Å². The summed E-state index contributed by atoms with van der Waals surface area (Å²) < 4.78 is 0. The molecule has 0 rings (SSSR count). The van der Waals surface area contributed by atoms with Gasteiger partial charge in [-0.25, -0.2) is 0 Å². The third kappa shape index (κ3) is 5.91. The number of carbonyl (C=O) groups is 1. The molecular formula is C9H14N2O2. The number of carboxylic acid groups (broad SMARTS) is 1. The van der Waals surface area contributed by atoms with Crippen LogP contribution in [-0.2, 0) is 4.79 Å². The lowest BCUT2D eigenvalue weighted by Crippen LogP contribution is -2.27. The Hall–Kier alpha value is -1.31. The van der Waals surface area contributed by atoms with Gasteiger partial charge in [0.05, 0.1) is 6.04 Å². The largest absolute Gasteiger partial charge is 0.480 e. The van der Waals surface area contributed by atoms with E-state index in [9.17, 15) is 4.79 Å². The van der Waals surface area contributed by atoms with E-state index in [0.29, 0.717) is 6.42 Å². The highest BCUT2D eigenvalue weighted by Gasteiger charge is 2.05.